The molecule has 0 aliphatic carbocycles. The summed E-state index contributed by atoms with van der Waals surface area (Å²) in [4.78, 5) is 24.9. The fraction of sp³-hybridized carbons (Fsp3) is 0.529. The van der Waals surface area contributed by atoms with Crippen LogP contribution >= 0.6 is 24.8 Å². The van der Waals surface area contributed by atoms with Gasteiger partial charge in [0.15, 0.2) is 0 Å². The SMILES string of the molecule is Cl.Cl.N[C@@H](CC(=O)O)C(=O)N[C@H]1C[C@H]2CO[C@@H](c3ccccc3)CN2C1. The van der Waals surface area contributed by atoms with E-state index in [9.17, 15) is 9.59 Å². The Kier molecular flexibility index (Phi) is 8.79. The quantitative estimate of drug-likeness (QED) is 0.673. The van der Waals surface area contributed by atoms with Gasteiger partial charge in [0.05, 0.1) is 25.2 Å². The molecule has 4 N–H and O–H groups in total. The maximum atomic E-state index is 12.0. The number of rotatable bonds is 5. The molecule has 7 nitrogen and oxygen atoms in total. The number of aliphatic carboxylic acids is 1. The van der Waals surface area contributed by atoms with Crippen LogP contribution in [-0.2, 0) is 14.3 Å². The summed E-state index contributed by atoms with van der Waals surface area (Å²) < 4.78 is 5.97. The molecule has 9 heteroatoms. The number of benzene rings is 1. The lowest BCUT2D eigenvalue weighted by Crippen LogP contribution is -2.47. The van der Waals surface area contributed by atoms with Gasteiger partial charge in [-0.05, 0) is 12.0 Å². The van der Waals surface area contributed by atoms with Crippen LogP contribution in [-0.4, -0.2) is 59.7 Å². The number of ether oxygens (including phenoxy) is 1. The zero-order chi connectivity index (χ0) is 17.1. The highest BCUT2D eigenvalue weighted by molar-refractivity contribution is 5.86. The molecule has 2 heterocycles. The van der Waals surface area contributed by atoms with Crippen molar-refractivity contribution in [2.24, 2.45) is 5.73 Å². The number of carbonyl (C=O) groups is 2. The van der Waals surface area contributed by atoms with E-state index < -0.39 is 17.9 Å². The number of hydrogen-bond acceptors (Lipinski definition) is 5. The van der Waals surface area contributed by atoms with E-state index in [2.05, 4.69) is 22.3 Å². The summed E-state index contributed by atoms with van der Waals surface area (Å²) in [5, 5.41) is 11.6. The third-order valence-corrected chi connectivity index (χ3v) is 4.67. The van der Waals surface area contributed by atoms with Crippen molar-refractivity contribution in [3.63, 3.8) is 0 Å². The van der Waals surface area contributed by atoms with Crippen molar-refractivity contribution in [3.8, 4) is 0 Å². The first-order valence-corrected chi connectivity index (χ1v) is 8.21. The number of fused-ring (bicyclic) bond motifs is 1. The van der Waals surface area contributed by atoms with Crippen LogP contribution < -0.4 is 11.1 Å². The lowest BCUT2D eigenvalue weighted by Gasteiger charge is -2.35. The molecule has 0 radical (unpaired) electrons. The maximum Gasteiger partial charge on any atom is 0.305 e. The molecule has 0 aromatic heterocycles. The first-order chi connectivity index (χ1) is 11.5. The van der Waals surface area contributed by atoms with Gasteiger partial charge in [-0.15, -0.1) is 24.8 Å². The van der Waals surface area contributed by atoms with Gasteiger partial charge in [0.25, 0.3) is 0 Å². The summed E-state index contributed by atoms with van der Waals surface area (Å²) in [6.45, 7) is 2.16. The van der Waals surface area contributed by atoms with Gasteiger partial charge in [-0.2, -0.15) is 0 Å². The summed E-state index contributed by atoms with van der Waals surface area (Å²) in [6, 6.07) is 9.37. The lowest BCUT2D eigenvalue weighted by atomic mass is 10.1. The fourth-order valence-electron chi connectivity index (χ4n) is 3.44. The van der Waals surface area contributed by atoms with E-state index in [1.807, 2.05) is 18.2 Å². The maximum absolute atomic E-state index is 12.0. The van der Waals surface area contributed by atoms with Gasteiger partial charge in [0.1, 0.15) is 0 Å². The summed E-state index contributed by atoms with van der Waals surface area (Å²) in [5.74, 6) is -1.47. The highest BCUT2D eigenvalue weighted by Crippen LogP contribution is 2.30. The van der Waals surface area contributed by atoms with Crippen LogP contribution in [0.2, 0.25) is 0 Å². The van der Waals surface area contributed by atoms with Crippen molar-refractivity contribution in [2.75, 3.05) is 19.7 Å². The predicted octanol–water partition coefficient (Wildman–Crippen LogP) is 0.963. The van der Waals surface area contributed by atoms with Gasteiger partial charge >= 0.3 is 5.97 Å². The zero-order valence-electron chi connectivity index (χ0n) is 14.2. The van der Waals surface area contributed by atoms with Crippen LogP contribution in [0.15, 0.2) is 30.3 Å². The van der Waals surface area contributed by atoms with Crippen LogP contribution in [0.3, 0.4) is 0 Å². The fourth-order valence-corrected chi connectivity index (χ4v) is 3.44. The molecule has 2 aliphatic heterocycles. The molecule has 1 amide bonds. The number of halogens is 2. The Bertz CT molecular complexity index is 605. The number of nitrogens with zero attached hydrogens (tertiary/aromatic N) is 1. The average molecular weight is 406 g/mol. The van der Waals surface area contributed by atoms with Gasteiger partial charge in [-0.1, -0.05) is 30.3 Å². The molecule has 2 aliphatic rings. The van der Waals surface area contributed by atoms with Gasteiger partial charge in [-0.25, -0.2) is 0 Å². The summed E-state index contributed by atoms with van der Waals surface area (Å²) in [5.41, 5.74) is 6.77. The van der Waals surface area contributed by atoms with Crippen molar-refractivity contribution in [1.29, 1.82) is 0 Å². The Morgan fingerprint density at radius 3 is 2.62 bits per heavy atom. The Labute approximate surface area is 165 Å². The normalized spacial score (nSPS) is 26.0. The number of carbonyl (C=O) groups excluding carboxylic acids is 1. The Morgan fingerprint density at radius 2 is 1.96 bits per heavy atom. The molecule has 0 unspecified atom stereocenters. The van der Waals surface area contributed by atoms with Gasteiger partial charge < -0.3 is 20.9 Å². The first kappa shape index (κ1) is 22.7. The van der Waals surface area contributed by atoms with Crippen molar-refractivity contribution in [3.05, 3.63) is 35.9 Å². The van der Waals surface area contributed by atoms with E-state index in [-0.39, 0.29) is 49.4 Å². The third kappa shape index (κ3) is 5.56. The van der Waals surface area contributed by atoms with Crippen LogP contribution in [0.4, 0.5) is 0 Å². The number of morpholine rings is 1. The van der Waals surface area contributed by atoms with Gasteiger partial charge in [-0.3, -0.25) is 14.5 Å². The number of hydrogen-bond donors (Lipinski definition) is 3. The van der Waals surface area contributed by atoms with Gasteiger partial charge in [0.2, 0.25) is 5.91 Å². The second-order valence-corrected chi connectivity index (χ2v) is 6.49. The minimum absolute atomic E-state index is 0. The topological polar surface area (TPSA) is 105 Å². The van der Waals surface area contributed by atoms with Gasteiger partial charge in [0, 0.05) is 25.2 Å². The van der Waals surface area contributed by atoms with Crippen molar-refractivity contribution in [2.45, 2.75) is 37.1 Å². The van der Waals surface area contributed by atoms with Crippen LogP contribution in [0, 0.1) is 0 Å². The van der Waals surface area contributed by atoms with Crippen LogP contribution in [0.1, 0.15) is 24.5 Å². The highest BCUT2D eigenvalue weighted by Gasteiger charge is 2.38. The molecule has 0 saturated carbocycles. The van der Waals surface area contributed by atoms with Crippen molar-refractivity contribution < 1.29 is 19.4 Å². The summed E-state index contributed by atoms with van der Waals surface area (Å²) in [6.07, 6.45) is 0.490. The molecule has 146 valence electrons. The molecule has 0 spiro atoms. The molecular formula is C17H25Cl2N3O4. The molecule has 2 fully saturated rings. The Balaban J connectivity index is 0.00000169. The van der Waals surface area contributed by atoms with Crippen molar-refractivity contribution in [1.82, 2.24) is 10.2 Å². The molecule has 1 aromatic carbocycles. The molecule has 1 aromatic rings. The highest BCUT2D eigenvalue weighted by atomic mass is 35.5. The average Bonchev–Trinajstić information content (AvgIpc) is 2.96. The largest absolute Gasteiger partial charge is 0.481 e. The third-order valence-electron chi connectivity index (χ3n) is 4.67. The molecular weight excluding hydrogens is 381 g/mol. The predicted molar refractivity (Wildman–Crippen MR) is 102 cm³/mol. The van der Waals surface area contributed by atoms with E-state index in [0.29, 0.717) is 6.61 Å². The van der Waals surface area contributed by atoms with E-state index in [4.69, 9.17) is 15.6 Å². The molecule has 3 rings (SSSR count). The smallest absolute Gasteiger partial charge is 0.305 e. The summed E-state index contributed by atoms with van der Waals surface area (Å²) >= 11 is 0. The zero-order valence-corrected chi connectivity index (χ0v) is 15.9. The van der Waals surface area contributed by atoms with E-state index >= 15 is 0 Å². The van der Waals surface area contributed by atoms with Crippen molar-refractivity contribution >= 4 is 36.7 Å². The molecule has 0 bridgehead atoms. The van der Waals surface area contributed by atoms with E-state index in [1.165, 1.54) is 0 Å². The van der Waals surface area contributed by atoms with E-state index in [1.54, 1.807) is 0 Å². The molecule has 2 saturated heterocycles. The van der Waals surface area contributed by atoms with Crippen LogP contribution in [0.25, 0.3) is 0 Å². The number of carboxylic acid groups (broad SMARTS) is 1. The summed E-state index contributed by atoms with van der Waals surface area (Å²) in [7, 11) is 0. The number of nitrogens with one attached hydrogen (secondary N) is 1. The minimum atomic E-state index is -1.07. The lowest BCUT2D eigenvalue weighted by molar-refractivity contribution is -0.139. The second kappa shape index (κ2) is 10.1. The Morgan fingerprint density at radius 1 is 1.27 bits per heavy atom. The second-order valence-electron chi connectivity index (χ2n) is 6.49. The number of amides is 1. The minimum Gasteiger partial charge on any atom is -0.481 e. The number of nitrogens with two attached hydrogens (primary N) is 1. The Hall–Kier alpha value is -1.38. The standard InChI is InChI=1S/C17H23N3O4.2ClH/c18-14(7-16(21)22)17(23)19-12-6-13-10-24-15(9-20(13)8-12)11-4-2-1-3-5-11;;/h1-5,12-15H,6-10,18H2,(H,19,23)(H,21,22);2*1H/t12-,13-,14-,15+;;/m0../s1. The number of carboxylic acids is 1. The first-order valence-electron chi connectivity index (χ1n) is 8.21. The molecule has 4 atom stereocenters. The monoisotopic (exact) mass is 405 g/mol. The van der Waals surface area contributed by atoms with Crippen LogP contribution in [0.5, 0.6) is 0 Å². The molecule has 26 heavy (non-hydrogen) atoms. The van der Waals surface area contributed by atoms with E-state index in [0.717, 1.165) is 25.1 Å².